The molecule has 0 aliphatic carbocycles. The van der Waals surface area contributed by atoms with Crippen LogP contribution in [0.2, 0.25) is 0 Å². The number of hydrogen-bond acceptors (Lipinski definition) is 5. The van der Waals surface area contributed by atoms with Crippen LogP contribution in [0.1, 0.15) is 40.4 Å². The highest BCUT2D eigenvalue weighted by molar-refractivity contribution is 6.04. The molecule has 184 valence electrons. The van der Waals surface area contributed by atoms with E-state index in [1.807, 2.05) is 37.3 Å². The third-order valence-corrected chi connectivity index (χ3v) is 5.68. The van der Waals surface area contributed by atoms with E-state index in [4.69, 9.17) is 8.83 Å². The summed E-state index contributed by atoms with van der Waals surface area (Å²) < 4.78 is 10.4. The Morgan fingerprint density at radius 1 is 0.833 bits per heavy atom. The van der Waals surface area contributed by atoms with E-state index in [0.29, 0.717) is 17.0 Å². The second kappa shape index (κ2) is 11.7. The molecule has 3 amide bonds. The number of benzene rings is 2. The van der Waals surface area contributed by atoms with Gasteiger partial charge < -0.3 is 19.5 Å². The normalized spacial score (nSPS) is 11.5. The molecule has 2 aromatic carbocycles. The molecule has 8 heteroatoms. The fourth-order valence-electron chi connectivity index (χ4n) is 3.80. The molecule has 2 aromatic heterocycles. The number of carbonyl (C=O) groups is 3. The van der Waals surface area contributed by atoms with Gasteiger partial charge in [0.2, 0.25) is 11.8 Å². The molecular formula is C28H27N3O5. The van der Waals surface area contributed by atoms with Crippen molar-refractivity contribution in [2.24, 2.45) is 0 Å². The van der Waals surface area contributed by atoms with Gasteiger partial charge >= 0.3 is 0 Å². The Balaban J connectivity index is 1.66. The Bertz CT molecular complexity index is 1270. The second-order valence-electron chi connectivity index (χ2n) is 8.05. The number of carbonyl (C=O) groups excluding carboxylic acids is 3. The van der Waals surface area contributed by atoms with Crippen molar-refractivity contribution in [2.75, 3.05) is 11.4 Å². The maximum absolute atomic E-state index is 13.6. The molecular weight excluding hydrogens is 458 g/mol. The summed E-state index contributed by atoms with van der Waals surface area (Å²) in [6.45, 7) is 1.88. The highest BCUT2D eigenvalue weighted by atomic mass is 16.3. The van der Waals surface area contributed by atoms with Crippen molar-refractivity contribution in [3.8, 4) is 0 Å². The van der Waals surface area contributed by atoms with Gasteiger partial charge in [0.1, 0.15) is 11.8 Å². The molecule has 0 aliphatic heterocycles. The topological polar surface area (TPSA) is 105 Å². The van der Waals surface area contributed by atoms with Crippen LogP contribution in [0.3, 0.4) is 0 Å². The Morgan fingerprint density at radius 2 is 1.56 bits per heavy atom. The number of hydrogen-bond donors (Lipinski definition) is 2. The van der Waals surface area contributed by atoms with Crippen LogP contribution in [0.25, 0.3) is 0 Å². The highest BCUT2D eigenvalue weighted by Gasteiger charge is 2.33. The zero-order chi connectivity index (χ0) is 25.3. The summed E-state index contributed by atoms with van der Waals surface area (Å²) in [5, 5.41) is 5.46. The largest absolute Gasteiger partial charge is 0.467 e. The lowest BCUT2D eigenvalue weighted by molar-refractivity contribution is -0.126. The fourth-order valence-corrected chi connectivity index (χ4v) is 3.80. The molecule has 1 unspecified atom stereocenters. The van der Waals surface area contributed by atoms with E-state index in [1.165, 1.54) is 23.5 Å². The molecule has 1 atom stereocenters. The Hall–Kier alpha value is -4.59. The number of anilines is 1. The summed E-state index contributed by atoms with van der Waals surface area (Å²) in [5.74, 6) is -0.680. The summed E-state index contributed by atoms with van der Waals surface area (Å²) in [5.41, 5.74) is 2.25. The molecule has 0 saturated heterocycles. The molecule has 4 rings (SSSR count). The lowest BCUT2D eigenvalue weighted by Gasteiger charge is -2.31. The van der Waals surface area contributed by atoms with Crippen molar-refractivity contribution in [2.45, 2.75) is 25.9 Å². The molecule has 0 bridgehead atoms. The minimum Gasteiger partial charge on any atom is -0.467 e. The van der Waals surface area contributed by atoms with E-state index in [9.17, 15) is 14.4 Å². The zero-order valence-corrected chi connectivity index (χ0v) is 19.8. The van der Waals surface area contributed by atoms with Gasteiger partial charge in [-0.05, 0) is 53.9 Å². The Morgan fingerprint density at radius 3 is 2.19 bits per heavy atom. The number of nitrogens with zero attached hydrogens (tertiary/aromatic N) is 1. The van der Waals surface area contributed by atoms with E-state index < -0.39 is 17.9 Å². The van der Waals surface area contributed by atoms with Gasteiger partial charge in [-0.1, -0.05) is 49.4 Å². The number of amides is 3. The Labute approximate surface area is 208 Å². The fraction of sp³-hybridized carbons (Fsp3) is 0.179. The third-order valence-electron chi connectivity index (χ3n) is 5.68. The molecule has 0 spiro atoms. The molecule has 2 N–H and O–H groups in total. The van der Waals surface area contributed by atoms with Gasteiger partial charge in [-0.25, -0.2) is 0 Å². The highest BCUT2D eigenvalue weighted by Crippen LogP contribution is 2.28. The van der Waals surface area contributed by atoms with Crippen LogP contribution in [0.4, 0.5) is 5.69 Å². The molecule has 2 heterocycles. The number of nitrogens with one attached hydrogen (secondary N) is 2. The van der Waals surface area contributed by atoms with Gasteiger partial charge in [-0.2, -0.15) is 0 Å². The standard InChI is InChI=1S/C28H27N3O5/c1-2-20-12-14-22(15-13-20)31(25(32)19-30-27(33)24-11-7-17-36-24)26(21-8-4-3-5-9-21)28(34)29-18-23-10-6-16-35-23/h3-17,26H,2,18-19H2,1H3,(H,29,34)(H,30,33). The maximum Gasteiger partial charge on any atom is 0.287 e. The minimum absolute atomic E-state index is 0.0949. The van der Waals surface area contributed by atoms with Crippen LogP contribution >= 0.6 is 0 Å². The van der Waals surface area contributed by atoms with Crippen LogP contribution in [-0.4, -0.2) is 24.3 Å². The first-order valence-electron chi connectivity index (χ1n) is 11.6. The van der Waals surface area contributed by atoms with E-state index in [1.54, 1.807) is 42.5 Å². The number of aryl methyl sites for hydroxylation is 1. The van der Waals surface area contributed by atoms with Gasteiger partial charge in [0.25, 0.3) is 5.91 Å². The van der Waals surface area contributed by atoms with E-state index in [0.717, 1.165) is 12.0 Å². The van der Waals surface area contributed by atoms with Crippen LogP contribution in [-0.2, 0) is 22.6 Å². The predicted molar refractivity (Wildman–Crippen MR) is 134 cm³/mol. The summed E-state index contributed by atoms with van der Waals surface area (Å²) in [7, 11) is 0. The van der Waals surface area contributed by atoms with Crippen LogP contribution in [0.5, 0.6) is 0 Å². The molecule has 4 aromatic rings. The van der Waals surface area contributed by atoms with Crippen molar-refractivity contribution in [1.82, 2.24) is 10.6 Å². The van der Waals surface area contributed by atoms with E-state index in [-0.39, 0.29) is 24.8 Å². The SMILES string of the molecule is CCc1ccc(N(C(=O)CNC(=O)c2ccco2)C(C(=O)NCc2ccco2)c2ccccc2)cc1. The number of furan rings is 2. The zero-order valence-electron chi connectivity index (χ0n) is 19.8. The Kier molecular flexibility index (Phi) is 7.97. The van der Waals surface area contributed by atoms with Crippen molar-refractivity contribution in [3.63, 3.8) is 0 Å². The van der Waals surface area contributed by atoms with E-state index >= 15 is 0 Å². The molecule has 8 nitrogen and oxygen atoms in total. The van der Waals surface area contributed by atoms with Gasteiger partial charge in [0.15, 0.2) is 5.76 Å². The van der Waals surface area contributed by atoms with Crippen LogP contribution < -0.4 is 15.5 Å². The summed E-state index contributed by atoms with van der Waals surface area (Å²) in [6, 6.07) is 22.1. The maximum atomic E-state index is 13.6. The first-order valence-corrected chi connectivity index (χ1v) is 11.6. The second-order valence-corrected chi connectivity index (χ2v) is 8.05. The van der Waals surface area contributed by atoms with Crippen molar-refractivity contribution in [3.05, 3.63) is 114 Å². The van der Waals surface area contributed by atoms with E-state index in [2.05, 4.69) is 10.6 Å². The van der Waals surface area contributed by atoms with Crippen molar-refractivity contribution < 1.29 is 23.2 Å². The average Bonchev–Trinajstić information content (AvgIpc) is 3.64. The molecule has 0 radical (unpaired) electrons. The first-order chi connectivity index (χ1) is 17.6. The molecule has 0 aliphatic rings. The molecule has 0 fully saturated rings. The van der Waals surface area contributed by atoms with Crippen molar-refractivity contribution >= 4 is 23.4 Å². The van der Waals surface area contributed by atoms with Crippen LogP contribution in [0.15, 0.2) is 100 Å². The van der Waals surface area contributed by atoms with Gasteiger partial charge in [0.05, 0.1) is 25.6 Å². The first kappa shape index (κ1) is 24.5. The average molecular weight is 486 g/mol. The van der Waals surface area contributed by atoms with Gasteiger partial charge in [0, 0.05) is 5.69 Å². The molecule has 36 heavy (non-hydrogen) atoms. The van der Waals surface area contributed by atoms with Crippen LogP contribution in [0, 0.1) is 0 Å². The van der Waals surface area contributed by atoms with Gasteiger partial charge in [-0.3, -0.25) is 19.3 Å². The quantitative estimate of drug-likeness (QED) is 0.349. The third kappa shape index (κ3) is 5.90. The minimum atomic E-state index is -0.985. The summed E-state index contributed by atoms with van der Waals surface area (Å²) in [4.78, 5) is 41.0. The smallest absolute Gasteiger partial charge is 0.287 e. The lowest BCUT2D eigenvalue weighted by Crippen LogP contribution is -2.47. The summed E-state index contributed by atoms with van der Waals surface area (Å²) >= 11 is 0. The number of rotatable bonds is 10. The molecule has 0 saturated carbocycles. The van der Waals surface area contributed by atoms with Crippen molar-refractivity contribution in [1.29, 1.82) is 0 Å². The predicted octanol–water partition coefficient (Wildman–Crippen LogP) is 4.26. The van der Waals surface area contributed by atoms with Gasteiger partial charge in [-0.15, -0.1) is 0 Å². The monoisotopic (exact) mass is 485 g/mol. The lowest BCUT2D eigenvalue weighted by atomic mass is 10.0. The summed E-state index contributed by atoms with van der Waals surface area (Å²) in [6.07, 6.45) is 3.75.